The highest BCUT2D eigenvalue weighted by Gasteiger charge is 2.40. The van der Waals surface area contributed by atoms with Crippen molar-refractivity contribution < 1.29 is 54.8 Å². The molecule has 79 heavy (non-hydrogen) atoms. The van der Waals surface area contributed by atoms with Crippen LogP contribution < -0.4 is 24.7 Å². The van der Waals surface area contributed by atoms with E-state index >= 15 is 0 Å². The Morgan fingerprint density at radius 1 is 0.835 bits per heavy atom. The Labute approximate surface area is 460 Å². The molecule has 0 aliphatic carbocycles. The van der Waals surface area contributed by atoms with Crippen molar-refractivity contribution in [2.24, 2.45) is 13.0 Å². The second-order valence-corrected chi connectivity index (χ2v) is 24.9. The van der Waals surface area contributed by atoms with Gasteiger partial charge in [0.2, 0.25) is 15.9 Å². The summed E-state index contributed by atoms with van der Waals surface area (Å²) in [4.78, 5) is 50.2. The van der Waals surface area contributed by atoms with Crippen LogP contribution in [0.15, 0.2) is 94.0 Å². The van der Waals surface area contributed by atoms with Crippen LogP contribution in [0.4, 0.5) is 5.82 Å². The normalized spacial score (nSPS) is 16.4. The fourth-order valence-electron chi connectivity index (χ4n) is 9.80. The molecule has 0 radical (unpaired) electrons. The lowest BCUT2D eigenvalue weighted by molar-refractivity contribution is -0.155. The summed E-state index contributed by atoms with van der Waals surface area (Å²) in [5, 5.41) is 8.83. The van der Waals surface area contributed by atoms with Gasteiger partial charge in [-0.2, -0.15) is 9.40 Å². The molecule has 25 heteroatoms. The first-order chi connectivity index (χ1) is 37.5. The number of hydrogen-bond acceptors (Lipinski definition) is 18. The van der Waals surface area contributed by atoms with Crippen LogP contribution >= 0.6 is 0 Å². The molecular weight excluding hydrogens is 1060 g/mol. The van der Waals surface area contributed by atoms with Crippen LogP contribution in [-0.2, 0) is 57.4 Å². The van der Waals surface area contributed by atoms with E-state index in [9.17, 15) is 31.2 Å². The molecule has 2 saturated heterocycles. The van der Waals surface area contributed by atoms with Gasteiger partial charge < -0.3 is 33.3 Å². The van der Waals surface area contributed by atoms with E-state index in [1.54, 1.807) is 59.1 Å². The van der Waals surface area contributed by atoms with E-state index in [0.717, 1.165) is 16.6 Å². The summed E-state index contributed by atoms with van der Waals surface area (Å²) >= 11 is 0. The van der Waals surface area contributed by atoms with Crippen LogP contribution in [0, 0.1) is 12.8 Å². The smallest absolute Gasteiger partial charge is 0.326 e. The molecular formula is C54H70N10O13S2. The molecule has 2 aliphatic rings. The number of piperidine rings is 1. The van der Waals surface area contributed by atoms with Crippen LogP contribution in [0.5, 0.6) is 11.6 Å². The third-order valence-electron chi connectivity index (χ3n) is 13.4. The molecule has 2 aromatic carbocycles. The SMILES string of the molecule is Cc1nn(C)cc1S(=O)(=O)NC(=O)c1ccc(-n2ccc(OCCOCCOCCOCCOc3ccc(C4CCN(S(=O)(=O)c5ccc6c(=O)n(CC(=O)OC(C)(C)C)cnc6c5)CC4)cc3)n2)nc1N1C[C@@H](C)CC1(C)C. The summed E-state index contributed by atoms with van der Waals surface area (Å²) in [7, 11) is -6.45. The van der Waals surface area contributed by atoms with Gasteiger partial charge in [0.15, 0.2) is 5.82 Å². The highest BCUT2D eigenvalue weighted by Crippen LogP contribution is 2.38. The van der Waals surface area contributed by atoms with Gasteiger partial charge >= 0.3 is 5.97 Å². The molecule has 8 rings (SSSR count). The second kappa shape index (κ2) is 24.7. The number of benzene rings is 2. The molecule has 1 atom stereocenters. The molecule has 2 aliphatic heterocycles. The number of amides is 1. The predicted octanol–water partition coefficient (Wildman–Crippen LogP) is 5.18. The van der Waals surface area contributed by atoms with Crippen molar-refractivity contribution in [2.75, 3.05) is 77.4 Å². The van der Waals surface area contributed by atoms with Crippen LogP contribution in [0.2, 0.25) is 0 Å². The van der Waals surface area contributed by atoms with E-state index in [-0.39, 0.29) is 56.6 Å². The Balaban J connectivity index is 0.693. The first-order valence-electron chi connectivity index (χ1n) is 26.2. The maximum atomic E-state index is 13.7. The van der Waals surface area contributed by atoms with Crippen molar-refractivity contribution in [2.45, 2.75) is 101 Å². The van der Waals surface area contributed by atoms with E-state index in [1.807, 2.05) is 29.2 Å². The zero-order valence-electron chi connectivity index (χ0n) is 45.9. The molecule has 1 amide bonds. The average molecular weight is 1130 g/mol. The van der Waals surface area contributed by atoms with E-state index in [1.165, 1.54) is 44.4 Å². The van der Waals surface area contributed by atoms with Crippen molar-refractivity contribution >= 4 is 48.6 Å². The van der Waals surface area contributed by atoms with Gasteiger partial charge in [-0.25, -0.2) is 36.2 Å². The number of aryl methyl sites for hydroxylation is 2. The number of hydrogen-bond donors (Lipinski definition) is 1. The average Bonchev–Trinajstić information content (AvgIpc) is 4.15. The lowest BCUT2D eigenvalue weighted by Crippen LogP contribution is -2.41. The fourth-order valence-corrected chi connectivity index (χ4v) is 12.5. The van der Waals surface area contributed by atoms with Crippen LogP contribution in [0.25, 0.3) is 16.7 Å². The molecule has 6 aromatic rings. The predicted molar refractivity (Wildman–Crippen MR) is 292 cm³/mol. The zero-order chi connectivity index (χ0) is 56.7. The first kappa shape index (κ1) is 58.4. The van der Waals surface area contributed by atoms with Gasteiger partial charge in [-0.3, -0.25) is 23.6 Å². The number of anilines is 1. The van der Waals surface area contributed by atoms with Crippen molar-refractivity contribution in [3.05, 3.63) is 107 Å². The minimum atomic E-state index is -4.21. The topological polar surface area (TPSA) is 260 Å². The summed E-state index contributed by atoms with van der Waals surface area (Å²) in [5.74, 6) is 0.917. The standard InChI is InChI=1S/C54H70N10O13S2/c1-37-32-54(6,7)63(33-37)50-44(51(66)59-78(68,69)46-34-60(8)57-38(46)2)15-16-47(56-50)64-22-19-48(58-64)76-30-28-74-26-24-72-23-25-73-27-29-75-41-11-9-39(10-12-41)40-17-20-62(21-18-40)79(70,71)42-13-14-43-45(31-42)55-36-61(52(43)67)35-49(65)77-53(3,4)5/h9-16,19,22,31,34,36-37,40H,17-18,20-21,23-30,32-33,35H2,1-8H3,(H,59,66)/t37-/m0/s1. The summed E-state index contributed by atoms with van der Waals surface area (Å²) in [6.45, 7) is 16.8. The third kappa shape index (κ3) is 14.7. The fraction of sp³-hybridized carbons (Fsp3) is 0.500. The number of aromatic nitrogens is 7. The van der Waals surface area contributed by atoms with Crippen LogP contribution in [-0.4, -0.2) is 151 Å². The molecule has 0 unspecified atom stereocenters. The largest absolute Gasteiger partial charge is 0.491 e. The Morgan fingerprint density at radius 2 is 1.49 bits per heavy atom. The maximum Gasteiger partial charge on any atom is 0.326 e. The monoisotopic (exact) mass is 1130 g/mol. The van der Waals surface area contributed by atoms with Crippen LogP contribution in [0.3, 0.4) is 0 Å². The van der Waals surface area contributed by atoms with Gasteiger partial charge in [0.25, 0.3) is 21.5 Å². The highest BCUT2D eigenvalue weighted by atomic mass is 32.2. The number of sulfonamides is 2. The van der Waals surface area contributed by atoms with Crippen molar-refractivity contribution in [1.82, 2.24) is 43.1 Å². The quantitative estimate of drug-likeness (QED) is 0.0605. The summed E-state index contributed by atoms with van der Waals surface area (Å²) in [6, 6.07) is 16.9. The number of esters is 1. The number of nitrogens with one attached hydrogen (secondary N) is 1. The lowest BCUT2D eigenvalue weighted by atomic mass is 9.90. The number of carbonyl (C=O) groups excluding carboxylic acids is 2. The van der Waals surface area contributed by atoms with E-state index in [2.05, 4.69) is 40.7 Å². The highest BCUT2D eigenvalue weighted by molar-refractivity contribution is 7.90. The first-order valence-corrected chi connectivity index (χ1v) is 29.1. The van der Waals surface area contributed by atoms with E-state index < -0.39 is 43.1 Å². The van der Waals surface area contributed by atoms with Crippen molar-refractivity contribution in [3.63, 3.8) is 0 Å². The van der Waals surface area contributed by atoms with Crippen molar-refractivity contribution in [1.29, 1.82) is 0 Å². The number of fused-ring (bicyclic) bond motifs is 1. The number of nitrogens with zero attached hydrogens (tertiary/aromatic N) is 9. The molecule has 6 heterocycles. The van der Waals surface area contributed by atoms with Gasteiger partial charge in [-0.05, 0) is 121 Å². The molecule has 0 saturated carbocycles. The van der Waals surface area contributed by atoms with Gasteiger partial charge in [-0.15, -0.1) is 5.10 Å². The molecule has 23 nitrogen and oxygen atoms in total. The van der Waals surface area contributed by atoms with Crippen LogP contribution in [0.1, 0.15) is 88.3 Å². The van der Waals surface area contributed by atoms with Crippen molar-refractivity contribution in [3.8, 4) is 17.4 Å². The second-order valence-electron chi connectivity index (χ2n) is 21.3. The Kier molecular flexibility index (Phi) is 18.3. The van der Waals surface area contributed by atoms with Gasteiger partial charge in [-0.1, -0.05) is 19.1 Å². The minimum absolute atomic E-state index is 0.0531. The Morgan fingerprint density at radius 3 is 2.11 bits per heavy atom. The molecule has 0 bridgehead atoms. The van der Waals surface area contributed by atoms with Gasteiger partial charge in [0.1, 0.15) is 41.8 Å². The number of carbonyl (C=O) groups is 2. The molecule has 1 N–H and O–H groups in total. The molecule has 426 valence electrons. The summed E-state index contributed by atoms with van der Waals surface area (Å²) < 4.78 is 95.6. The third-order valence-corrected chi connectivity index (χ3v) is 16.7. The van der Waals surface area contributed by atoms with E-state index in [4.69, 9.17) is 33.4 Å². The van der Waals surface area contributed by atoms with E-state index in [0.29, 0.717) is 108 Å². The zero-order valence-corrected chi connectivity index (χ0v) is 47.5. The summed E-state index contributed by atoms with van der Waals surface area (Å²) in [6.07, 6.45) is 6.41. The molecule has 2 fully saturated rings. The minimum Gasteiger partial charge on any atom is -0.491 e. The number of rotatable bonds is 24. The number of ether oxygens (including phenoxy) is 6. The maximum absolute atomic E-state index is 13.7. The van der Waals surface area contributed by atoms with Gasteiger partial charge in [0.05, 0.1) is 73.0 Å². The molecule has 0 spiro atoms. The number of pyridine rings is 1. The Bertz CT molecular complexity index is 3400. The summed E-state index contributed by atoms with van der Waals surface area (Å²) in [5.41, 5.74) is 0.187. The lowest BCUT2D eigenvalue weighted by Gasteiger charge is -2.34. The van der Waals surface area contributed by atoms with Gasteiger partial charge in [0, 0.05) is 50.7 Å². The molecule has 4 aromatic heterocycles. The Hall–Kier alpha value is -6.77.